The highest BCUT2D eigenvalue weighted by atomic mass is 32.1. The fourth-order valence-electron chi connectivity index (χ4n) is 1.14. The van der Waals surface area contributed by atoms with Gasteiger partial charge >= 0.3 is 0 Å². The van der Waals surface area contributed by atoms with Crippen LogP contribution in [0.25, 0.3) is 0 Å². The molecular weight excluding hydrogens is 214 g/mol. The van der Waals surface area contributed by atoms with Gasteiger partial charge in [0.15, 0.2) is 0 Å². The number of nitrogen functional groups attached to an aromatic ring is 1. The average molecular weight is 231 g/mol. The smallest absolute Gasteiger partial charge is 0.142 e. The molecule has 1 heterocycles. The van der Waals surface area contributed by atoms with E-state index in [9.17, 15) is 5.11 Å². The van der Waals surface area contributed by atoms with E-state index in [1.54, 1.807) is 7.11 Å². The number of nitrogens with one attached hydrogen (secondary N) is 1. The Morgan fingerprint density at radius 1 is 1.67 bits per heavy atom. The van der Waals surface area contributed by atoms with E-state index in [1.807, 2.05) is 6.92 Å². The maximum Gasteiger partial charge on any atom is 0.142 e. The first kappa shape index (κ1) is 12.2. The van der Waals surface area contributed by atoms with Crippen molar-refractivity contribution in [3.05, 3.63) is 5.56 Å². The van der Waals surface area contributed by atoms with E-state index in [1.165, 1.54) is 11.5 Å². The molecule has 0 saturated carbocycles. The summed E-state index contributed by atoms with van der Waals surface area (Å²) in [5.41, 5.74) is 6.58. The lowest BCUT2D eigenvalue weighted by Gasteiger charge is -2.09. The Kier molecular flexibility index (Phi) is 4.80. The van der Waals surface area contributed by atoms with Gasteiger partial charge in [-0.3, -0.25) is 0 Å². The molecule has 0 bridgehead atoms. The third-order valence-corrected chi connectivity index (χ3v) is 3.00. The molecule has 0 radical (unpaired) electrons. The zero-order valence-electron chi connectivity index (χ0n) is 8.99. The monoisotopic (exact) mass is 231 g/mol. The van der Waals surface area contributed by atoms with Crippen molar-refractivity contribution < 1.29 is 9.84 Å². The van der Waals surface area contributed by atoms with Crippen LogP contribution in [0.2, 0.25) is 0 Å². The molecule has 0 spiro atoms. The highest BCUT2D eigenvalue weighted by Gasteiger charge is 2.07. The molecule has 0 fully saturated rings. The van der Waals surface area contributed by atoms with Gasteiger partial charge in [-0.15, -0.1) is 0 Å². The normalized spacial score (nSPS) is 12.7. The van der Waals surface area contributed by atoms with E-state index in [-0.39, 0.29) is 0 Å². The number of hydrogen-bond acceptors (Lipinski definition) is 6. The Morgan fingerprint density at radius 3 is 2.93 bits per heavy atom. The topological polar surface area (TPSA) is 80.4 Å². The molecule has 15 heavy (non-hydrogen) atoms. The summed E-state index contributed by atoms with van der Waals surface area (Å²) in [6, 6.07) is 0. The maximum atomic E-state index is 9.40. The van der Waals surface area contributed by atoms with Crippen molar-refractivity contribution >= 4 is 22.4 Å². The minimum absolute atomic E-state index is 0.367. The lowest BCUT2D eigenvalue weighted by molar-refractivity contribution is 0.0615. The van der Waals surface area contributed by atoms with Crippen LogP contribution >= 0.6 is 11.5 Å². The Morgan fingerprint density at radius 2 is 2.40 bits per heavy atom. The van der Waals surface area contributed by atoms with Crippen LogP contribution in [0, 0.1) is 6.92 Å². The molecule has 1 atom stereocenters. The van der Waals surface area contributed by atoms with Gasteiger partial charge in [0.2, 0.25) is 0 Å². The maximum absolute atomic E-state index is 9.40. The SMILES string of the molecule is COCC(O)CCNc1snc(N)c1C. The third kappa shape index (κ3) is 3.65. The second-order valence-electron chi connectivity index (χ2n) is 3.35. The summed E-state index contributed by atoms with van der Waals surface area (Å²) in [6.07, 6.45) is 0.221. The third-order valence-electron chi connectivity index (χ3n) is 2.08. The summed E-state index contributed by atoms with van der Waals surface area (Å²) in [7, 11) is 1.57. The molecule has 5 nitrogen and oxygen atoms in total. The molecule has 0 aliphatic carbocycles. The van der Waals surface area contributed by atoms with Crippen molar-refractivity contribution in [2.75, 3.05) is 31.3 Å². The van der Waals surface area contributed by atoms with Crippen LogP contribution in [0.1, 0.15) is 12.0 Å². The second-order valence-corrected chi connectivity index (χ2v) is 4.12. The molecule has 4 N–H and O–H groups in total. The molecule has 1 rings (SSSR count). The van der Waals surface area contributed by atoms with Gasteiger partial charge in [-0.05, 0) is 24.9 Å². The van der Waals surface area contributed by atoms with Crippen LogP contribution in [-0.2, 0) is 4.74 Å². The molecule has 6 heteroatoms. The van der Waals surface area contributed by atoms with Crippen molar-refractivity contribution in [2.24, 2.45) is 0 Å². The summed E-state index contributed by atoms with van der Waals surface area (Å²) < 4.78 is 8.85. The molecule has 0 aliphatic heterocycles. The number of ether oxygens (including phenoxy) is 1. The van der Waals surface area contributed by atoms with Crippen LogP contribution < -0.4 is 11.1 Å². The van der Waals surface area contributed by atoms with E-state index >= 15 is 0 Å². The average Bonchev–Trinajstić information content (AvgIpc) is 2.50. The van der Waals surface area contributed by atoms with Gasteiger partial charge in [0, 0.05) is 19.2 Å². The van der Waals surface area contributed by atoms with Crippen LogP contribution in [0.15, 0.2) is 0 Å². The fourth-order valence-corrected chi connectivity index (χ4v) is 1.88. The number of methoxy groups -OCH3 is 1. The van der Waals surface area contributed by atoms with Crippen molar-refractivity contribution in [1.82, 2.24) is 4.37 Å². The molecule has 0 amide bonds. The number of anilines is 2. The Balaban J connectivity index is 2.29. The Labute approximate surface area is 93.4 Å². The van der Waals surface area contributed by atoms with Gasteiger partial charge in [0.05, 0.1) is 12.7 Å². The van der Waals surface area contributed by atoms with Gasteiger partial charge < -0.3 is 20.9 Å². The first-order valence-electron chi connectivity index (χ1n) is 4.77. The highest BCUT2D eigenvalue weighted by molar-refractivity contribution is 7.10. The zero-order valence-corrected chi connectivity index (χ0v) is 9.80. The lowest BCUT2D eigenvalue weighted by Crippen LogP contribution is -2.18. The van der Waals surface area contributed by atoms with Gasteiger partial charge in [-0.25, -0.2) is 0 Å². The Hall–Kier alpha value is -0.850. The Bertz CT molecular complexity index is 304. The predicted octanol–water partition coefficient (Wildman–Crippen LogP) is 0.843. The van der Waals surface area contributed by atoms with Gasteiger partial charge in [0.25, 0.3) is 0 Å². The number of aromatic nitrogens is 1. The van der Waals surface area contributed by atoms with E-state index in [0.29, 0.717) is 25.4 Å². The molecule has 0 aromatic carbocycles. The highest BCUT2D eigenvalue weighted by Crippen LogP contribution is 2.24. The summed E-state index contributed by atoms with van der Waals surface area (Å²) in [5, 5.41) is 13.6. The number of nitrogens with two attached hydrogens (primary N) is 1. The van der Waals surface area contributed by atoms with Crippen molar-refractivity contribution in [3.8, 4) is 0 Å². The minimum atomic E-state index is -0.423. The first-order chi connectivity index (χ1) is 7.15. The predicted molar refractivity (Wildman–Crippen MR) is 62.3 cm³/mol. The molecular formula is C9H17N3O2S. The van der Waals surface area contributed by atoms with E-state index in [2.05, 4.69) is 9.69 Å². The number of aliphatic hydroxyl groups excluding tert-OH is 1. The number of aliphatic hydroxyl groups is 1. The van der Waals surface area contributed by atoms with Crippen molar-refractivity contribution in [2.45, 2.75) is 19.4 Å². The zero-order chi connectivity index (χ0) is 11.3. The summed E-state index contributed by atoms with van der Waals surface area (Å²) in [5.74, 6) is 0.569. The number of rotatable bonds is 6. The van der Waals surface area contributed by atoms with Crippen LogP contribution in [0.3, 0.4) is 0 Å². The molecule has 0 aliphatic rings. The molecule has 1 aromatic heterocycles. The fraction of sp³-hybridized carbons (Fsp3) is 0.667. The quantitative estimate of drug-likeness (QED) is 0.676. The van der Waals surface area contributed by atoms with Crippen molar-refractivity contribution in [3.63, 3.8) is 0 Å². The molecule has 0 saturated heterocycles. The largest absolute Gasteiger partial charge is 0.391 e. The summed E-state index contributed by atoms with van der Waals surface area (Å²) in [4.78, 5) is 0. The first-order valence-corrected chi connectivity index (χ1v) is 5.55. The standard InChI is InChI=1S/C9H17N3O2S/c1-6-8(10)12-15-9(6)11-4-3-7(13)5-14-2/h7,11,13H,3-5H2,1-2H3,(H2,10,12). The van der Waals surface area contributed by atoms with E-state index in [4.69, 9.17) is 10.5 Å². The van der Waals surface area contributed by atoms with Crippen molar-refractivity contribution in [1.29, 1.82) is 0 Å². The van der Waals surface area contributed by atoms with Gasteiger partial charge in [0.1, 0.15) is 10.8 Å². The van der Waals surface area contributed by atoms with Gasteiger partial charge in [-0.2, -0.15) is 4.37 Å². The minimum Gasteiger partial charge on any atom is -0.391 e. The number of hydrogen-bond donors (Lipinski definition) is 3. The van der Waals surface area contributed by atoms with Crippen LogP contribution in [-0.4, -0.2) is 35.8 Å². The number of nitrogens with zero attached hydrogens (tertiary/aromatic N) is 1. The summed E-state index contributed by atoms with van der Waals surface area (Å²) >= 11 is 1.34. The lowest BCUT2D eigenvalue weighted by atomic mass is 10.2. The van der Waals surface area contributed by atoms with Crippen LogP contribution in [0.4, 0.5) is 10.8 Å². The second kappa shape index (κ2) is 5.89. The molecule has 1 unspecified atom stereocenters. The van der Waals surface area contributed by atoms with Crippen LogP contribution in [0.5, 0.6) is 0 Å². The summed E-state index contributed by atoms with van der Waals surface area (Å²) in [6.45, 7) is 2.98. The van der Waals surface area contributed by atoms with E-state index in [0.717, 1.165) is 10.6 Å². The van der Waals surface area contributed by atoms with Gasteiger partial charge in [-0.1, -0.05) is 0 Å². The van der Waals surface area contributed by atoms with E-state index < -0.39 is 6.10 Å². The molecule has 1 aromatic rings. The molecule has 86 valence electrons.